The van der Waals surface area contributed by atoms with Gasteiger partial charge in [0.05, 0.1) is 12.0 Å². The second-order valence-corrected chi connectivity index (χ2v) is 6.38. The molecule has 1 unspecified atom stereocenters. The number of nitrogens with zero attached hydrogens (tertiary/aromatic N) is 3. The minimum atomic E-state index is -2.08. The molecule has 11 heteroatoms. The Morgan fingerprint density at radius 3 is 2.96 bits per heavy atom. The molecule has 126 valence electrons. The monoisotopic (exact) mass is 343 g/mol. The first-order valence-corrected chi connectivity index (χ1v) is 8.10. The third-order valence-electron chi connectivity index (χ3n) is 3.92. The molecule has 10 nitrogen and oxygen atoms in total. The van der Waals surface area contributed by atoms with Gasteiger partial charge in [-0.3, -0.25) is 5.50 Å². The van der Waals surface area contributed by atoms with Crippen molar-refractivity contribution in [1.29, 1.82) is 0 Å². The maximum absolute atomic E-state index is 10.6. The summed E-state index contributed by atoms with van der Waals surface area (Å²) in [7, 11) is -2.08. The van der Waals surface area contributed by atoms with E-state index in [1.54, 1.807) is 16.8 Å². The lowest BCUT2D eigenvalue weighted by atomic mass is 9.96. The number of rotatable bonds is 4. The summed E-state index contributed by atoms with van der Waals surface area (Å²) in [5, 5.41) is 21.5. The van der Waals surface area contributed by atoms with E-state index in [0.717, 1.165) is 0 Å². The van der Waals surface area contributed by atoms with E-state index in [1.807, 2.05) is 0 Å². The first-order valence-electron chi connectivity index (χ1n) is 6.82. The molecule has 23 heavy (non-hydrogen) atoms. The predicted molar refractivity (Wildman–Crippen MR) is 81.8 cm³/mol. The fourth-order valence-corrected chi connectivity index (χ4v) is 3.01. The fourth-order valence-electron chi connectivity index (χ4n) is 2.71. The van der Waals surface area contributed by atoms with Gasteiger partial charge in [-0.05, 0) is 13.0 Å². The van der Waals surface area contributed by atoms with Crippen LogP contribution < -0.4 is 11.2 Å². The molecule has 7 N–H and O–H groups in total. The van der Waals surface area contributed by atoms with Crippen LogP contribution in [0.1, 0.15) is 13.2 Å². The summed E-state index contributed by atoms with van der Waals surface area (Å²) < 4.78 is 12.2. The molecular formula is C12H18N5O5P. The molecule has 0 aromatic carbocycles. The van der Waals surface area contributed by atoms with Crippen LogP contribution in [0.15, 0.2) is 18.6 Å². The highest BCUT2D eigenvalue weighted by molar-refractivity contribution is 7.43. The molecule has 0 bridgehead atoms. The first-order chi connectivity index (χ1) is 10.8. The number of nitrogens with two attached hydrogens (primary N) is 2. The zero-order valence-electron chi connectivity index (χ0n) is 12.3. The molecule has 0 aliphatic carbocycles. The molecule has 0 radical (unpaired) electrons. The van der Waals surface area contributed by atoms with Gasteiger partial charge < -0.3 is 34.7 Å². The molecule has 2 aromatic heterocycles. The lowest BCUT2D eigenvalue weighted by Gasteiger charge is -2.27. The molecule has 0 amide bonds. The molecule has 0 spiro atoms. The van der Waals surface area contributed by atoms with Crippen LogP contribution in [0.4, 0.5) is 5.82 Å². The van der Waals surface area contributed by atoms with E-state index < -0.39 is 32.6 Å². The van der Waals surface area contributed by atoms with E-state index in [0.29, 0.717) is 16.9 Å². The number of hydrogen-bond acceptors (Lipinski definition) is 9. The molecule has 1 aliphatic heterocycles. The van der Waals surface area contributed by atoms with Crippen molar-refractivity contribution in [1.82, 2.24) is 14.5 Å². The lowest BCUT2D eigenvalue weighted by Crippen LogP contribution is -2.44. The SMILES string of the molecule is C[C@@]1(O)[C@H](O)[C@@H](COP(N)O)O[C@H]1n1ccc2c(N)ncnc21. The van der Waals surface area contributed by atoms with Crippen molar-refractivity contribution in [3.63, 3.8) is 0 Å². The van der Waals surface area contributed by atoms with Crippen molar-refractivity contribution in [2.24, 2.45) is 5.50 Å². The maximum Gasteiger partial charge on any atom is 0.250 e. The Morgan fingerprint density at radius 1 is 1.52 bits per heavy atom. The maximum atomic E-state index is 10.6. The Bertz CT molecular complexity index is 708. The van der Waals surface area contributed by atoms with Crippen LogP contribution in [0.3, 0.4) is 0 Å². The summed E-state index contributed by atoms with van der Waals surface area (Å²) in [5.74, 6) is 0.306. The Balaban J connectivity index is 1.93. The summed E-state index contributed by atoms with van der Waals surface area (Å²) in [4.78, 5) is 17.1. The standard InChI is InChI=1S/C12H18N5O5P/c1-12(19)8(18)7(4-21-23(14)20)22-11(12)17-3-2-6-9(13)15-5-16-10(6)17/h2-3,5,7-8,11,18-20H,4,14H2,1H3,(H2,13,15,16)/t7-,8-,11-,12-,23?/m1/s1. The van der Waals surface area contributed by atoms with Gasteiger partial charge in [0.1, 0.15) is 35.6 Å². The average Bonchev–Trinajstić information content (AvgIpc) is 2.99. The van der Waals surface area contributed by atoms with Crippen LogP contribution in [-0.2, 0) is 9.26 Å². The van der Waals surface area contributed by atoms with Crippen molar-refractivity contribution in [2.45, 2.75) is 31.0 Å². The Morgan fingerprint density at radius 2 is 2.26 bits per heavy atom. The Labute approximate surface area is 132 Å². The quantitative estimate of drug-likeness (QED) is 0.448. The first kappa shape index (κ1) is 16.5. The summed E-state index contributed by atoms with van der Waals surface area (Å²) in [6.45, 7) is 1.30. The highest BCUT2D eigenvalue weighted by atomic mass is 31.2. The van der Waals surface area contributed by atoms with Gasteiger partial charge in [0.2, 0.25) is 8.53 Å². The van der Waals surface area contributed by atoms with Gasteiger partial charge in [-0.25, -0.2) is 9.97 Å². The molecule has 1 aliphatic rings. The molecule has 2 aromatic rings. The summed E-state index contributed by atoms with van der Waals surface area (Å²) >= 11 is 0. The van der Waals surface area contributed by atoms with Crippen LogP contribution >= 0.6 is 8.53 Å². The lowest BCUT2D eigenvalue weighted by molar-refractivity contribution is -0.0945. The molecular weight excluding hydrogens is 325 g/mol. The normalized spacial score (nSPS) is 32.5. The van der Waals surface area contributed by atoms with E-state index >= 15 is 0 Å². The van der Waals surface area contributed by atoms with Gasteiger partial charge in [-0.1, -0.05) is 0 Å². The molecule has 5 atom stereocenters. The van der Waals surface area contributed by atoms with Crippen LogP contribution in [-0.4, -0.2) is 54.1 Å². The summed E-state index contributed by atoms with van der Waals surface area (Å²) in [6, 6.07) is 1.70. The highest BCUT2D eigenvalue weighted by Gasteiger charge is 2.53. The number of aromatic nitrogens is 3. The number of aliphatic hydroxyl groups is 2. The van der Waals surface area contributed by atoms with Crippen LogP contribution in [0, 0.1) is 0 Å². The minimum absolute atomic E-state index is 0.150. The van der Waals surface area contributed by atoms with E-state index in [9.17, 15) is 10.2 Å². The van der Waals surface area contributed by atoms with Crippen LogP contribution in [0.2, 0.25) is 0 Å². The van der Waals surface area contributed by atoms with E-state index in [1.165, 1.54) is 13.3 Å². The van der Waals surface area contributed by atoms with E-state index in [-0.39, 0.29) is 6.61 Å². The zero-order chi connectivity index (χ0) is 16.8. The fraction of sp³-hybridized carbons (Fsp3) is 0.500. The van der Waals surface area contributed by atoms with Gasteiger partial charge in [-0.15, -0.1) is 0 Å². The Kier molecular flexibility index (Phi) is 4.23. The highest BCUT2D eigenvalue weighted by Crippen LogP contribution is 2.40. The van der Waals surface area contributed by atoms with Gasteiger partial charge >= 0.3 is 0 Å². The molecule has 1 fully saturated rings. The zero-order valence-corrected chi connectivity index (χ0v) is 13.2. The van der Waals surface area contributed by atoms with Gasteiger partial charge in [0.15, 0.2) is 6.23 Å². The number of anilines is 1. The number of hydrogen-bond donors (Lipinski definition) is 5. The van der Waals surface area contributed by atoms with Crippen molar-refractivity contribution < 1.29 is 24.4 Å². The van der Waals surface area contributed by atoms with E-state index in [2.05, 4.69) is 9.97 Å². The van der Waals surface area contributed by atoms with Crippen molar-refractivity contribution in [2.75, 3.05) is 12.3 Å². The smallest absolute Gasteiger partial charge is 0.250 e. The average molecular weight is 343 g/mol. The molecule has 0 saturated carbocycles. The topological polar surface area (TPSA) is 162 Å². The van der Waals surface area contributed by atoms with Crippen LogP contribution in [0.25, 0.3) is 11.0 Å². The largest absolute Gasteiger partial charge is 0.387 e. The van der Waals surface area contributed by atoms with Crippen molar-refractivity contribution in [3.05, 3.63) is 18.6 Å². The predicted octanol–water partition coefficient (Wildman–Crippen LogP) is -0.783. The van der Waals surface area contributed by atoms with Crippen LogP contribution in [0.5, 0.6) is 0 Å². The third-order valence-corrected chi connectivity index (χ3v) is 4.33. The number of ether oxygens (including phenoxy) is 1. The number of fused-ring (bicyclic) bond motifs is 1. The molecule has 1 saturated heterocycles. The van der Waals surface area contributed by atoms with Crippen molar-refractivity contribution in [3.8, 4) is 0 Å². The second-order valence-electron chi connectivity index (χ2n) is 5.52. The van der Waals surface area contributed by atoms with E-state index in [4.69, 9.17) is 25.4 Å². The van der Waals surface area contributed by atoms with Gasteiger partial charge in [0.25, 0.3) is 0 Å². The molecule has 3 rings (SSSR count). The molecule has 3 heterocycles. The minimum Gasteiger partial charge on any atom is -0.387 e. The Hall–Kier alpha value is -1.39. The number of nitrogen functional groups attached to an aromatic ring is 1. The summed E-state index contributed by atoms with van der Waals surface area (Å²) in [6.07, 6.45) is -0.0541. The number of aliphatic hydroxyl groups excluding tert-OH is 1. The van der Waals surface area contributed by atoms with Gasteiger partial charge in [-0.2, -0.15) is 0 Å². The van der Waals surface area contributed by atoms with Crippen molar-refractivity contribution >= 4 is 25.4 Å². The summed E-state index contributed by atoms with van der Waals surface area (Å²) in [5.41, 5.74) is 9.83. The van der Waals surface area contributed by atoms with Gasteiger partial charge in [0, 0.05) is 6.20 Å². The third kappa shape index (κ3) is 2.79. The second kappa shape index (κ2) is 5.91.